The first kappa shape index (κ1) is 16.1. The second-order valence-corrected chi connectivity index (χ2v) is 7.47. The highest BCUT2D eigenvalue weighted by Crippen LogP contribution is 2.30. The van der Waals surface area contributed by atoms with Gasteiger partial charge in [-0.15, -0.1) is 11.8 Å². The summed E-state index contributed by atoms with van der Waals surface area (Å²) in [6.07, 6.45) is 0. The minimum atomic E-state index is -0.470. The molecular weight excluding hydrogens is 256 g/mol. The Hall–Kier alpha value is -1.00. The zero-order valence-corrected chi connectivity index (χ0v) is 13.2. The minimum Gasteiger partial charge on any atom is -0.294 e. The summed E-state index contributed by atoms with van der Waals surface area (Å²) in [6, 6.07) is 8.53. The normalized spacial score (nSPS) is 12.3. The van der Waals surface area contributed by atoms with Crippen LogP contribution >= 0.6 is 11.8 Å². The van der Waals surface area contributed by atoms with Crippen molar-refractivity contribution in [2.45, 2.75) is 44.9 Å². The van der Waals surface area contributed by atoms with Crippen LogP contribution in [-0.2, 0) is 10.2 Å². The fourth-order valence-electron chi connectivity index (χ4n) is 1.58. The maximum atomic E-state index is 11.6. The third-order valence-corrected chi connectivity index (χ3v) is 4.54. The molecule has 0 aromatic heterocycles. The lowest BCUT2D eigenvalue weighted by molar-refractivity contribution is -0.128. The van der Waals surface area contributed by atoms with Crippen LogP contribution < -0.4 is 11.3 Å². The summed E-state index contributed by atoms with van der Waals surface area (Å²) < 4.78 is 0. The molecule has 0 spiro atoms. The lowest BCUT2D eigenvalue weighted by atomic mass is 9.87. The van der Waals surface area contributed by atoms with Gasteiger partial charge < -0.3 is 0 Å². The van der Waals surface area contributed by atoms with Crippen LogP contribution in [0.2, 0.25) is 0 Å². The average Bonchev–Trinajstić information content (AvgIpc) is 2.35. The molecule has 0 bridgehead atoms. The predicted octanol–water partition coefficient (Wildman–Crippen LogP) is 3.09. The van der Waals surface area contributed by atoms with E-state index >= 15 is 0 Å². The van der Waals surface area contributed by atoms with Crippen molar-refractivity contribution in [3.63, 3.8) is 0 Å². The number of thioether (sulfide) groups is 1. The van der Waals surface area contributed by atoms with Gasteiger partial charge in [-0.3, -0.25) is 10.2 Å². The molecule has 0 aliphatic rings. The summed E-state index contributed by atoms with van der Waals surface area (Å²) in [7, 11) is 0. The molecule has 0 atom stereocenters. The van der Waals surface area contributed by atoms with Crippen LogP contribution in [-0.4, -0.2) is 11.7 Å². The molecule has 1 aromatic rings. The molecule has 1 amide bonds. The average molecular weight is 280 g/mol. The Morgan fingerprint density at radius 1 is 1.16 bits per heavy atom. The second-order valence-electron chi connectivity index (χ2n) is 6.42. The topological polar surface area (TPSA) is 55.1 Å². The van der Waals surface area contributed by atoms with E-state index in [1.165, 1.54) is 10.5 Å². The van der Waals surface area contributed by atoms with Gasteiger partial charge >= 0.3 is 0 Å². The zero-order chi connectivity index (χ0) is 14.7. The van der Waals surface area contributed by atoms with Crippen LogP contribution in [0.15, 0.2) is 29.2 Å². The summed E-state index contributed by atoms with van der Waals surface area (Å²) in [5.41, 5.74) is 3.23. The first-order valence-corrected chi connectivity index (χ1v) is 7.40. The van der Waals surface area contributed by atoms with Gasteiger partial charge in [0.2, 0.25) is 5.91 Å². The summed E-state index contributed by atoms with van der Waals surface area (Å²) in [6.45, 7) is 10.4. The molecule has 0 saturated carbocycles. The Kier molecular flexibility index (Phi) is 5.04. The number of nitrogens with one attached hydrogen (secondary N) is 1. The van der Waals surface area contributed by atoms with Crippen molar-refractivity contribution in [1.29, 1.82) is 0 Å². The van der Waals surface area contributed by atoms with Crippen molar-refractivity contribution < 1.29 is 4.79 Å². The number of nitrogens with two attached hydrogens (primary N) is 1. The van der Waals surface area contributed by atoms with Crippen molar-refractivity contribution in [1.82, 2.24) is 5.43 Å². The van der Waals surface area contributed by atoms with Gasteiger partial charge in [0, 0.05) is 10.6 Å². The van der Waals surface area contributed by atoms with Crippen LogP contribution in [0.4, 0.5) is 0 Å². The highest BCUT2D eigenvalue weighted by atomic mass is 32.2. The Labute approximate surface area is 120 Å². The number of hydrazine groups is 1. The molecule has 0 aliphatic heterocycles. The Morgan fingerprint density at radius 3 is 2.11 bits per heavy atom. The maximum absolute atomic E-state index is 11.6. The number of carbonyl (C=O) groups is 1. The third-order valence-electron chi connectivity index (χ3n) is 3.07. The number of hydrogen-bond donors (Lipinski definition) is 2. The van der Waals surface area contributed by atoms with Gasteiger partial charge in [-0.25, -0.2) is 5.84 Å². The molecule has 3 nitrogen and oxygen atoms in total. The minimum absolute atomic E-state index is 0.133. The predicted molar refractivity (Wildman–Crippen MR) is 82.0 cm³/mol. The van der Waals surface area contributed by atoms with Gasteiger partial charge in [0.15, 0.2) is 0 Å². The molecule has 106 valence electrons. The molecule has 0 saturated heterocycles. The zero-order valence-electron chi connectivity index (χ0n) is 12.4. The van der Waals surface area contributed by atoms with Crippen LogP contribution in [0.1, 0.15) is 40.2 Å². The molecule has 3 N–H and O–H groups in total. The van der Waals surface area contributed by atoms with Crippen molar-refractivity contribution in [2.75, 3.05) is 5.75 Å². The molecule has 1 aromatic carbocycles. The lowest BCUT2D eigenvalue weighted by Gasteiger charge is -2.22. The fourth-order valence-corrected chi connectivity index (χ4v) is 2.56. The van der Waals surface area contributed by atoms with Crippen molar-refractivity contribution in [3.05, 3.63) is 29.8 Å². The van der Waals surface area contributed by atoms with Crippen LogP contribution in [0.3, 0.4) is 0 Å². The van der Waals surface area contributed by atoms with E-state index < -0.39 is 5.41 Å². The maximum Gasteiger partial charge on any atom is 0.240 e. The molecular formula is C15H24N2OS. The summed E-state index contributed by atoms with van der Waals surface area (Å²) in [5, 5.41) is 0. The van der Waals surface area contributed by atoms with Gasteiger partial charge in [-0.1, -0.05) is 46.8 Å². The number of carbonyl (C=O) groups excluding carboxylic acids is 1. The van der Waals surface area contributed by atoms with Crippen LogP contribution in [0, 0.1) is 5.41 Å². The van der Waals surface area contributed by atoms with E-state index in [-0.39, 0.29) is 11.3 Å². The highest BCUT2D eigenvalue weighted by molar-refractivity contribution is 7.99. The lowest BCUT2D eigenvalue weighted by Crippen LogP contribution is -2.42. The van der Waals surface area contributed by atoms with Crippen molar-refractivity contribution in [2.24, 2.45) is 11.3 Å². The summed E-state index contributed by atoms with van der Waals surface area (Å²) in [5.74, 6) is 5.75. The van der Waals surface area contributed by atoms with E-state index in [1.54, 1.807) is 11.8 Å². The summed E-state index contributed by atoms with van der Waals surface area (Å²) in [4.78, 5) is 12.8. The molecule has 4 heteroatoms. The SMILES string of the molecule is CC(C)(CSc1ccc(C(C)(C)C)cc1)C(=O)NN. The standard InChI is InChI=1S/C15H24N2OS/c1-14(2,3)11-6-8-12(9-7-11)19-10-15(4,5)13(18)17-16/h6-9H,10,16H2,1-5H3,(H,17,18). The van der Waals surface area contributed by atoms with Gasteiger partial charge in [-0.05, 0) is 23.1 Å². The van der Waals surface area contributed by atoms with Gasteiger partial charge in [0.1, 0.15) is 0 Å². The largest absolute Gasteiger partial charge is 0.294 e. The molecule has 19 heavy (non-hydrogen) atoms. The molecule has 1 rings (SSSR count). The number of benzene rings is 1. The third kappa shape index (κ3) is 4.55. The van der Waals surface area contributed by atoms with E-state index in [4.69, 9.17) is 5.84 Å². The first-order valence-electron chi connectivity index (χ1n) is 6.41. The van der Waals surface area contributed by atoms with E-state index in [9.17, 15) is 4.79 Å². The van der Waals surface area contributed by atoms with E-state index in [2.05, 4.69) is 50.5 Å². The molecule has 0 heterocycles. The molecule has 0 unspecified atom stereocenters. The molecule has 0 aliphatic carbocycles. The van der Waals surface area contributed by atoms with E-state index in [1.807, 2.05) is 13.8 Å². The monoisotopic (exact) mass is 280 g/mol. The Morgan fingerprint density at radius 2 is 1.68 bits per heavy atom. The molecule has 0 radical (unpaired) electrons. The van der Waals surface area contributed by atoms with Gasteiger partial charge in [-0.2, -0.15) is 0 Å². The summed E-state index contributed by atoms with van der Waals surface area (Å²) >= 11 is 1.67. The van der Waals surface area contributed by atoms with Crippen molar-refractivity contribution >= 4 is 17.7 Å². The van der Waals surface area contributed by atoms with Gasteiger partial charge in [0.05, 0.1) is 5.41 Å². The van der Waals surface area contributed by atoms with Gasteiger partial charge in [0.25, 0.3) is 0 Å². The van der Waals surface area contributed by atoms with Crippen molar-refractivity contribution in [3.8, 4) is 0 Å². The Bertz CT molecular complexity index is 432. The van der Waals surface area contributed by atoms with E-state index in [0.29, 0.717) is 5.75 Å². The fraction of sp³-hybridized carbons (Fsp3) is 0.533. The highest BCUT2D eigenvalue weighted by Gasteiger charge is 2.27. The number of hydrogen-bond acceptors (Lipinski definition) is 3. The smallest absolute Gasteiger partial charge is 0.240 e. The molecule has 0 fully saturated rings. The van der Waals surface area contributed by atoms with Crippen LogP contribution in [0.25, 0.3) is 0 Å². The Balaban J connectivity index is 2.67. The number of amides is 1. The number of rotatable bonds is 4. The van der Waals surface area contributed by atoms with E-state index in [0.717, 1.165) is 0 Å². The first-order chi connectivity index (χ1) is 8.66. The quantitative estimate of drug-likeness (QED) is 0.386. The second kappa shape index (κ2) is 5.97. The van der Waals surface area contributed by atoms with Crippen LogP contribution in [0.5, 0.6) is 0 Å².